The van der Waals surface area contributed by atoms with Crippen molar-refractivity contribution in [1.29, 1.82) is 0 Å². The molecule has 1 heterocycles. The number of ether oxygens (including phenoxy) is 1. The summed E-state index contributed by atoms with van der Waals surface area (Å²) in [6.07, 6.45) is 0. The smallest absolute Gasteiger partial charge is 0.342 e. The molecule has 0 aliphatic carbocycles. The van der Waals surface area contributed by atoms with Gasteiger partial charge in [0.1, 0.15) is 11.3 Å². The molecule has 1 aromatic heterocycles. The molecule has 3 aromatic rings. The highest BCUT2D eigenvalue weighted by molar-refractivity contribution is 5.97. The Hall–Kier alpha value is -3.08. The van der Waals surface area contributed by atoms with Crippen molar-refractivity contribution in [2.45, 2.75) is 13.8 Å². The summed E-state index contributed by atoms with van der Waals surface area (Å²) in [5.74, 6) is -0.348. The van der Waals surface area contributed by atoms with Crippen molar-refractivity contribution in [1.82, 2.24) is 9.78 Å². The zero-order valence-corrected chi connectivity index (χ0v) is 15.6. The highest BCUT2D eigenvalue weighted by atomic mass is 16.5. The molecular formula is C21H23N3O2. The number of benzene rings is 2. The molecular weight excluding hydrogens is 326 g/mol. The van der Waals surface area contributed by atoms with E-state index in [1.807, 2.05) is 80.5 Å². The van der Waals surface area contributed by atoms with Gasteiger partial charge in [0.25, 0.3) is 0 Å². The molecule has 134 valence electrons. The van der Waals surface area contributed by atoms with Crippen LogP contribution in [0, 0.1) is 6.92 Å². The Morgan fingerprint density at radius 2 is 1.73 bits per heavy atom. The molecule has 0 unspecified atom stereocenters. The summed E-state index contributed by atoms with van der Waals surface area (Å²) in [7, 11) is 3.99. The molecule has 0 fully saturated rings. The fourth-order valence-corrected chi connectivity index (χ4v) is 2.89. The van der Waals surface area contributed by atoms with Gasteiger partial charge in [-0.25, -0.2) is 9.48 Å². The van der Waals surface area contributed by atoms with Gasteiger partial charge >= 0.3 is 5.97 Å². The van der Waals surface area contributed by atoms with Gasteiger partial charge in [-0.3, -0.25) is 0 Å². The van der Waals surface area contributed by atoms with Crippen LogP contribution < -0.4 is 4.90 Å². The second kappa shape index (κ2) is 7.44. The van der Waals surface area contributed by atoms with E-state index in [9.17, 15) is 4.79 Å². The predicted molar refractivity (Wildman–Crippen MR) is 104 cm³/mol. The first kappa shape index (κ1) is 17.7. The number of aromatic nitrogens is 2. The van der Waals surface area contributed by atoms with Crippen LogP contribution in [0.4, 0.5) is 5.69 Å². The highest BCUT2D eigenvalue weighted by Crippen LogP contribution is 2.29. The summed E-state index contributed by atoms with van der Waals surface area (Å²) >= 11 is 0. The molecule has 0 amide bonds. The summed E-state index contributed by atoms with van der Waals surface area (Å²) in [4.78, 5) is 14.6. The molecule has 0 radical (unpaired) electrons. The van der Waals surface area contributed by atoms with Crippen molar-refractivity contribution >= 4 is 11.7 Å². The van der Waals surface area contributed by atoms with Gasteiger partial charge < -0.3 is 9.64 Å². The van der Waals surface area contributed by atoms with E-state index in [-0.39, 0.29) is 5.97 Å². The topological polar surface area (TPSA) is 47.4 Å². The quantitative estimate of drug-likeness (QED) is 0.651. The monoisotopic (exact) mass is 349 g/mol. The lowest BCUT2D eigenvalue weighted by Crippen LogP contribution is -2.08. The lowest BCUT2D eigenvalue weighted by Gasteiger charge is -2.12. The minimum atomic E-state index is -0.348. The van der Waals surface area contributed by atoms with Gasteiger partial charge in [-0.15, -0.1) is 0 Å². The van der Waals surface area contributed by atoms with E-state index in [1.165, 1.54) is 0 Å². The van der Waals surface area contributed by atoms with E-state index in [0.29, 0.717) is 17.9 Å². The SMILES string of the molecule is CCOC(=O)c1c(-c2ccc(N(C)C)cc2)nn(-c2ccccc2)c1C. The van der Waals surface area contributed by atoms with Crippen LogP contribution in [0.15, 0.2) is 54.6 Å². The van der Waals surface area contributed by atoms with E-state index < -0.39 is 0 Å². The molecule has 3 rings (SSSR count). The van der Waals surface area contributed by atoms with Gasteiger partial charge in [0.05, 0.1) is 18.0 Å². The summed E-state index contributed by atoms with van der Waals surface area (Å²) in [5, 5.41) is 4.73. The first-order chi connectivity index (χ1) is 12.5. The van der Waals surface area contributed by atoms with Gasteiger partial charge in [-0.1, -0.05) is 30.3 Å². The van der Waals surface area contributed by atoms with Crippen molar-refractivity contribution in [3.63, 3.8) is 0 Å². The molecule has 0 aliphatic heterocycles. The Morgan fingerprint density at radius 3 is 2.31 bits per heavy atom. The van der Waals surface area contributed by atoms with Crippen molar-refractivity contribution in [3.8, 4) is 16.9 Å². The number of nitrogens with zero attached hydrogens (tertiary/aromatic N) is 3. The Kier molecular flexibility index (Phi) is 5.07. The molecule has 26 heavy (non-hydrogen) atoms. The number of hydrogen-bond donors (Lipinski definition) is 0. The molecule has 0 saturated heterocycles. The lowest BCUT2D eigenvalue weighted by atomic mass is 10.1. The minimum absolute atomic E-state index is 0.327. The fourth-order valence-electron chi connectivity index (χ4n) is 2.89. The summed E-state index contributed by atoms with van der Waals surface area (Å²) in [5.41, 5.74) is 4.79. The number of rotatable bonds is 5. The maximum Gasteiger partial charge on any atom is 0.342 e. The predicted octanol–water partition coefficient (Wildman–Crippen LogP) is 4.09. The van der Waals surface area contributed by atoms with Crippen LogP contribution in [0.2, 0.25) is 0 Å². The van der Waals surface area contributed by atoms with Crippen LogP contribution in [-0.4, -0.2) is 36.5 Å². The zero-order chi connectivity index (χ0) is 18.7. The third-order valence-corrected chi connectivity index (χ3v) is 4.25. The molecule has 5 heteroatoms. The van der Waals surface area contributed by atoms with E-state index in [0.717, 1.165) is 22.6 Å². The fraction of sp³-hybridized carbons (Fsp3) is 0.238. The van der Waals surface area contributed by atoms with Crippen molar-refractivity contribution < 1.29 is 9.53 Å². The summed E-state index contributed by atoms with van der Waals surface area (Å²) in [6.45, 7) is 4.03. The Balaban J connectivity index is 2.15. The number of esters is 1. The lowest BCUT2D eigenvalue weighted by molar-refractivity contribution is 0.0526. The number of carbonyl (C=O) groups excluding carboxylic acids is 1. The first-order valence-electron chi connectivity index (χ1n) is 8.62. The van der Waals surface area contributed by atoms with Crippen molar-refractivity contribution in [3.05, 3.63) is 65.9 Å². The van der Waals surface area contributed by atoms with E-state index in [4.69, 9.17) is 9.84 Å². The van der Waals surface area contributed by atoms with Crippen LogP contribution in [0.1, 0.15) is 23.0 Å². The molecule has 0 bridgehead atoms. The number of carbonyl (C=O) groups is 1. The van der Waals surface area contributed by atoms with Gasteiger partial charge in [0.15, 0.2) is 0 Å². The summed E-state index contributed by atoms with van der Waals surface area (Å²) in [6, 6.07) is 17.8. The Bertz CT molecular complexity index is 897. The van der Waals surface area contributed by atoms with Crippen LogP contribution in [0.5, 0.6) is 0 Å². The zero-order valence-electron chi connectivity index (χ0n) is 15.6. The first-order valence-corrected chi connectivity index (χ1v) is 8.62. The number of para-hydroxylation sites is 1. The van der Waals surface area contributed by atoms with Crippen molar-refractivity contribution in [2.24, 2.45) is 0 Å². The highest BCUT2D eigenvalue weighted by Gasteiger charge is 2.24. The molecule has 0 aliphatic rings. The summed E-state index contributed by atoms with van der Waals surface area (Å²) < 4.78 is 7.07. The molecule has 0 saturated carbocycles. The van der Waals surface area contributed by atoms with Gasteiger partial charge in [-0.2, -0.15) is 5.10 Å². The van der Waals surface area contributed by atoms with E-state index in [2.05, 4.69) is 0 Å². The average molecular weight is 349 g/mol. The van der Waals surface area contributed by atoms with Gasteiger partial charge in [0.2, 0.25) is 0 Å². The van der Waals surface area contributed by atoms with E-state index >= 15 is 0 Å². The van der Waals surface area contributed by atoms with Gasteiger partial charge in [0, 0.05) is 25.3 Å². The van der Waals surface area contributed by atoms with Gasteiger partial charge in [-0.05, 0) is 38.1 Å². The number of anilines is 1. The Labute approximate surface area is 153 Å². The van der Waals surface area contributed by atoms with Crippen LogP contribution in [0.25, 0.3) is 16.9 Å². The largest absolute Gasteiger partial charge is 0.462 e. The molecule has 0 spiro atoms. The van der Waals surface area contributed by atoms with E-state index in [1.54, 1.807) is 11.6 Å². The third kappa shape index (κ3) is 3.33. The van der Waals surface area contributed by atoms with Crippen LogP contribution in [-0.2, 0) is 4.74 Å². The minimum Gasteiger partial charge on any atom is -0.462 e. The molecule has 2 aromatic carbocycles. The van der Waals surface area contributed by atoms with Crippen LogP contribution >= 0.6 is 0 Å². The van der Waals surface area contributed by atoms with Crippen molar-refractivity contribution in [2.75, 3.05) is 25.6 Å². The average Bonchev–Trinajstić information content (AvgIpc) is 3.00. The maximum atomic E-state index is 12.6. The molecule has 0 N–H and O–H groups in total. The third-order valence-electron chi connectivity index (χ3n) is 4.25. The second-order valence-electron chi connectivity index (χ2n) is 6.22. The molecule has 0 atom stereocenters. The standard InChI is InChI=1S/C21H23N3O2/c1-5-26-21(25)19-15(2)24(18-9-7-6-8-10-18)22-20(19)16-11-13-17(14-12-16)23(3)4/h6-14H,5H2,1-4H3. The second-order valence-corrected chi connectivity index (χ2v) is 6.22. The maximum absolute atomic E-state index is 12.6. The molecule has 5 nitrogen and oxygen atoms in total. The van der Waals surface area contributed by atoms with Crippen LogP contribution in [0.3, 0.4) is 0 Å². The normalized spacial score (nSPS) is 10.6. The number of hydrogen-bond acceptors (Lipinski definition) is 4. The Morgan fingerprint density at radius 1 is 1.08 bits per heavy atom.